The Morgan fingerprint density at radius 1 is 1.00 bits per heavy atom. The van der Waals surface area contributed by atoms with Gasteiger partial charge >= 0.3 is 0 Å². The second-order valence-corrected chi connectivity index (χ2v) is 7.60. The van der Waals surface area contributed by atoms with Crippen LogP contribution < -0.4 is 0 Å². The Morgan fingerprint density at radius 3 is 2.10 bits per heavy atom. The summed E-state index contributed by atoms with van der Waals surface area (Å²) < 4.78 is 53.3. The van der Waals surface area contributed by atoms with E-state index in [1.165, 1.54) is 4.31 Å². The molecule has 1 aliphatic rings. The number of hydrogen-bond donors (Lipinski definition) is 0. The Morgan fingerprint density at radius 2 is 1.55 bits per heavy atom. The van der Waals surface area contributed by atoms with Crippen LogP contribution in [0.15, 0.2) is 21.5 Å². The quantitative estimate of drug-likeness (QED) is 0.799. The van der Waals surface area contributed by atoms with Crippen molar-refractivity contribution in [1.29, 1.82) is 0 Å². The lowest BCUT2D eigenvalue weighted by Gasteiger charge is -2.24. The van der Waals surface area contributed by atoms with Crippen molar-refractivity contribution in [2.75, 3.05) is 13.1 Å². The van der Waals surface area contributed by atoms with Gasteiger partial charge in [-0.25, -0.2) is 17.2 Å². The lowest BCUT2D eigenvalue weighted by atomic mass is 10.1. The van der Waals surface area contributed by atoms with Gasteiger partial charge in [0.1, 0.15) is 16.5 Å². The van der Waals surface area contributed by atoms with E-state index >= 15 is 0 Å². The van der Waals surface area contributed by atoms with Gasteiger partial charge < -0.3 is 0 Å². The van der Waals surface area contributed by atoms with Crippen molar-refractivity contribution in [3.63, 3.8) is 0 Å². The lowest BCUT2D eigenvalue weighted by Crippen LogP contribution is -2.34. The summed E-state index contributed by atoms with van der Waals surface area (Å²) in [4.78, 5) is -0.473. The Balaban J connectivity index is 2.38. The molecular formula is C13H16BrF2NO2S. The zero-order valence-corrected chi connectivity index (χ0v) is 13.3. The van der Waals surface area contributed by atoms with E-state index in [4.69, 9.17) is 0 Å². The van der Waals surface area contributed by atoms with Gasteiger partial charge in [-0.2, -0.15) is 4.31 Å². The van der Waals surface area contributed by atoms with Gasteiger partial charge in [-0.3, -0.25) is 0 Å². The largest absolute Gasteiger partial charge is 0.247 e. The third-order valence-corrected chi connectivity index (χ3v) is 6.24. The minimum Gasteiger partial charge on any atom is -0.207 e. The second-order valence-electron chi connectivity index (χ2n) is 4.87. The maximum Gasteiger partial charge on any atom is 0.247 e. The first-order valence-corrected chi connectivity index (χ1v) is 8.81. The summed E-state index contributed by atoms with van der Waals surface area (Å²) in [6.45, 7) is 0.761. The number of nitrogens with zero attached hydrogens (tertiary/aromatic N) is 1. The van der Waals surface area contributed by atoms with Gasteiger partial charge in [-0.1, -0.05) is 19.3 Å². The van der Waals surface area contributed by atoms with E-state index in [-0.39, 0.29) is 4.47 Å². The summed E-state index contributed by atoms with van der Waals surface area (Å²) in [5.41, 5.74) is 0. The average Bonchev–Trinajstić information content (AvgIpc) is 2.25. The predicted octanol–water partition coefficient (Wildman–Crippen LogP) is 3.68. The van der Waals surface area contributed by atoms with Gasteiger partial charge in [0, 0.05) is 23.6 Å². The molecule has 0 aliphatic carbocycles. The van der Waals surface area contributed by atoms with E-state index in [2.05, 4.69) is 15.9 Å². The third kappa shape index (κ3) is 3.38. The highest BCUT2D eigenvalue weighted by Gasteiger charge is 2.30. The average molecular weight is 368 g/mol. The molecular weight excluding hydrogens is 352 g/mol. The third-order valence-electron chi connectivity index (χ3n) is 3.38. The Hall–Kier alpha value is -0.530. The Bertz CT molecular complexity index is 561. The van der Waals surface area contributed by atoms with Gasteiger partial charge in [0.25, 0.3) is 0 Å². The van der Waals surface area contributed by atoms with Crippen LogP contribution in [-0.2, 0) is 10.0 Å². The molecule has 1 aromatic carbocycles. The molecule has 20 heavy (non-hydrogen) atoms. The van der Waals surface area contributed by atoms with Crippen LogP contribution in [0.1, 0.15) is 32.1 Å². The Labute approximate surface area is 126 Å². The van der Waals surface area contributed by atoms with E-state index < -0.39 is 26.6 Å². The summed E-state index contributed by atoms with van der Waals surface area (Å²) in [6.07, 6.45) is 4.57. The second kappa shape index (κ2) is 6.49. The molecule has 2 rings (SSSR count). The molecule has 1 saturated heterocycles. The van der Waals surface area contributed by atoms with E-state index in [9.17, 15) is 17.2 Å². The highest BCUT2D eigenvalue weighted by Crippen LogP contribution is 2.30. The van der Waals surface area contributed by atoms with Crippen molar-refractivity contribution in [2.45, 2.75) is 37.0 Å². The number of halogens is 3. The number of rotatable bonds is 2. The molecule has 0 unspecified atom stereocenters. The van der Waals surface area contributed by atoms with Crippen molar-refractivity contribution >= 4 is 26.0 Å². The summed E-state index contributed by atoms with van der Waals surface area (Å²) in [7, 11) is -3.93. The molecule has 0 aromatic heterocycles. The highest BCUT2D eigenvalue weighted by molar-refractivity contribution is 9.10. The summed E-state index contributed by atoms with van der Waals surface area (Å²) >= 11 is 2.95. The van der Waals surface area contributed by atoms with Crippen LogP contribution >= 0.6 is 15.9 Å². The molecule has 112 valence electrons. The van der Waals surface area contributed by atoms with Crippen molar-refractivity contribution in [2.24, 2.45) is 0 Å². The fourth-order valence-corrected chi connectivity index (χ4v) is 4.99. The van der Waals surface area contributed by atoms with Gasteiger partial charge in [-0.05, 0) is 34.8 Å². The van der Waals surface area contributed by atoms with Crippen LogP contribution in [0, 0.1) is 11.6 Å². The molecule has 1 aromatic rings. The fourth-order valence-electron chi connectivity index (χ4n) is 2.36. The summed E-state index contributed by atoms with van der Waals surface area (Å²) in [5, 5.41) is 0. The number of hydrogen-bond acceptors (Lipinski definition) is 2. The van der Waals surface area contributed by atoms with Crippen LogP contribution in [0.5, 0.6) is 0 Å². The lowest BCUT2D eigenvalue weighted by molar-refractivity contribution is 0.362. The molecule has 0 atom stereocenters. The molecule has 0 amide bonds. The predicted molar refractivity (Wildman–Crippen MR) is 75.9 cm³/mol. The van der Waals surface area contributed by atoms with E-state index in [1.807, 2.05) is 0 Å². The molecule has 0 saturated carbocycles. The first-order valence-electron chi connectivity index (χ1n) is 6.57. The molecule has 1 heterocycles. The van der Waals surface area contributed by atoms with Crippen LogP contribution in [0.4, 0.5) is 8.78 Å². The normalized spacial score (nSPS) is 18.6. The summed E-state index contributed by atoms with van der Waals surface area (Å²) in [5.74, 6) is -1.86. The first kappa shape index (κ1) is 15.9. The molecule has 0 bridgehead atoms. The molecule has 1 aliphatic heterocycles. The van der Waals surface area contributed by atoms with Gasteiger partial charge in [0.2, 0.25) is 10.0 Å². The molecule has 0 N–H and O–H groups in total. The minimum absolute atomic E-state index is 0.0722. The zero-order valence-electron chi connectivity index (χ0n) is 10.9. The smallest absolute Gasteiger partial charge is 0.207 e. The molecule has 3 nitrogen and oxygen atoms in total. The fraction of sp³-hybridized carbons (Fsp3) is 0.538. The Kier molecular flexibility index (Phi) is 5.14. The van der Waals surface area contributed by atoms with Crippen molar-refractivity contribution in [3.8, 4) is 0 Å². The minimum atomic E-state index is -3.93. The first-order chi connectivity index (χ1) is 9.43. The molecule has 7 heteroatoms. The standard InChI is InChI=1S/C13H16BrF2NO2S/c14-11-8-10(15)9-12(16)13(11)20(18,19)17-6-4-2-1-3-5-7-17/h8-9H,1-7H2. The maximum atomic E-state index is 13.9. The van der Waals surface area contributed by atoms with Crippen LogP contribution in [0.25, 0.3) is 0 Å². The highest BCUT2D eigenvalue weighted by atomic mass is 79.9. The maximum absolute atomic E-state index is 13.9. The van der Waals surface area contributed by atoms with Crippen molar-refractivity contribution in [3.05, 3.63) is 28.2 Å². The van der Waals surface area contributed by atoms with E-state index in [1.54, 1.807) is 0 Å². The van der Waals surface area contributed by atoms with Gasteiger partial charge in [0.05, 0.1) is 0 Å². The van der Waals surface area contributed by atoms with Crippen LogP contribution in [0.2, 0.25) is 0 Å². The molecule has 0 spiro atoms. The van der Waals surface area contributed by atoms with Crippen LogP contribution in [0.3, 0.4) is 0 Å². The van der Waals surface area contributed by atoms with Gasteiger partial charge in [0.15, 0.2) is 0 Å². The topological polar surface area (TPSA) is 37.4 Å². The number of benzene rings is 1. The monoisotopic (exact) mass is 367 g/mol. The molecule has 1 fully saturated rings. The van der Waals surface area contributed by atoms with Crippen molar-refractivity contribution < 1.29 is 17.2 Å². The van der Waals surface area contributed by atoms with E-state index in [0.29, 0.717) is 19.2 Å². The number of sulfonamides is 1. The molecule has 0 radical (unpaired) electrons. The summed E-state index contributed by atoms with van der Waals surface area (Å²) in [6, 6.07) is 1.57. The van der Waals surface area contributed by atoms with E-state index in [0.717, 1.165) is 38.2 Å². The SMILES string of the molecule is O=S(=O)(c1c(F)cc(F)cc1Br)N1CCCCCCC1. The van der Waals surface area contributed by atoms with Gasteiger partial charge in [-0.15, -0.1) is 0 Å². The van der Waals surface area contributed by atoms with Crippen LogP contribution in [-0.4, -0.2) is 25.8 Å². The zero-order chi connectivity index (χ0) is 14.8. The van der Waals surface area contributed by atoms with Crippen molar-refractivity contribution in [1.82, 2.24) is 4.31 Å².